The molecule has 1 fully saturated rings. The van der Waals surface area contributed by atoms with E-state index >= 15 is 0 Å². The van der Waals surface area contributed by atoms with E-state index in [1.165, 1.54) is 4.31 Å². The highest BCUT2D eigenvalue weighted by atomic mass is 32.2. The molecule has 0 radical (unpaired) electrons. The Balaban J connectivity index is 2.17. The van der Waals surface area contributed by atoms with Crippen molar-refractivity contribution in [1.29, 1.82) is 0 Å². The number of sulfonamides is 1. The Bertz CT molecular complexity index is 572. The second-order valence-electron chi connectivity index (χ2n) is 4.43. The van der Waals surface area contributed by atoms with Gasteiger partial charge in [-0.3, -0.25) is 0 Å². The first kappa shape index (κ1) is 15.1. The van der Waals surface area contributed by atoms with E-state index in [2.05, 4.69) is 4.74 Å². The molecule has 2 N–H and O–H groups in total. The standard InChI is InChI=1S/C11H13F3N2O3S/c12-11(13,14)19-9-1-3-10(4-2-9)20(17,18)16-6-5-8(15)7-16/h1-4,8H,5-7,15H2/t8-/m1/s1. The van der Waals surface area contributed by atoms with Crippen LogP contribution in [0.2, 0.25) is 0 Å². The third-order valence-corrected chi connectivity index (χ3v) is 4.76. The molecule has 2 rings (SSSR count). The van der Waals surface area contributed by atoms with Crippen molar-refractivity contribution in [2.24, 2.45) is 5.73 Å². The zero-order chi connectivity index (χ0) is 15.0. The quantitative estimate of drug-likeness (QED) is 0.913. The molecule has 0 saturated carbocycles. The number of benzene rings is 1. The van der Waals surface area contributed by atoms with E-state index in [9.17, 15) is 21.6 Å². The fourth-order valence-corrected chi connectivity index (χ4v) is 3.45. The molecule has 0 aromatic heterocycles. The van der Waals surface area contributed by atoms with Crippen molar-refractivity contribution >= 4 is 10.0 Å². The fourth-order valence-electron chi connectivity index (χ4n) is 1.93. The molecule has 0 spiro atoms. The van der Waals surface area contributed by atoms with Crippen molar-refractivity contribution in [2.45, 2.75) is 23.7 Å². The molecule has 0 amide bonds. The number of alkyl halides is 3. The third kappa shape index (κ3) is 3.41. The maximum Gasteiger partial charge on any atom is 0.573 e. The summed E-state index contributed by atoms with van der Waals surface area (Å²) in [6.45, 7) is 0.521. The first-order chi connectivity index (χ1) is 9.18. The van der Waals surface area contributed by atoms with Gasteiger partial charge in [-0.1, -0.05) is 0 Å². The Morgan fingerprint density at radius 1 is 1.25 bits per heavy atom. The van der Waals surface area contributed by atoms with Crippen LogP contribution in [-0.2, 0) is 10.0 Å². The molecule has 0 unspecified atom stereocenters. The van der Waals surface area contributed by atoms with Crippen LogP contribution in [0.25, 0.3) is 0 Å². The van der Waals surface area contributed by atoms with Crippen LogP contribution in [0.1, 0.15) is 6.42 Å². The average molecular weight is 310 g/mol. The fraction of sp³-hybridized carbons (Fsp3) is 0.455. The van der Waals surface area contributed by atoms with Crippen LogP contribution >= 0.6 is 0 Å². The van der Waals surface area contributed by atoms with Crippen molar-refractivity contribution in [3.8, 4) is 5.75 Å². The van der Waals surface area contributed by atoms with Crippen LogP contribution in [0.5, 0.6) is 5.75 Å². The van der Waals surface area contributed by atoms with Crippen LogP contribution in [0.3, 0.4) is 0 Å². The van der Waals surface area contributed by atoms with Gasteiger partial charge in [0.2, 0.25) is 10.0 Å². The van der Waals surface area contributed by atoms with Gasteiger partial charge < -0.3 is 10.5 Å². The minimum Gasteiger partial charge on any atom is -0.406 e. The molecule has 9 heteroatoms. The molecular formula is C11H13F3N2O3S. The van der Waals surface area contributed by atoms with E-state index in [1.54, 1.807) is 0 Å². The molecule has 1 aromatic carbocycles. The zero-order valence-corrected chi connectivity index (χ0v) is 11.1. The van der Waals surface area contributed by atoms with Crippen molar-refractivity contribution < 1.29 is 26.3 Å². The monoisotopic (exact) mass is 310 g/mol. The number of nitrogens with two attached hydrogens (primary N) is 1. The molecular weight excluding hydrogens is 297 g/mol. The summed E-state index contributed by atoms with van der Waals surface area (Å²) in [6.07, 6.45) is -4.24. The molecule has 20 heavy (non-hydrogen) atoms. The van der Waals surface area contributed by atoms with Gasteiger partial charge in [-0.05, 0) is 30.7 Å². The normalized spacial score (nSPS) is 21.1. The van der Waals surface area contributed by atoms with Gasteiger partial charge in [0.25, 0.3) is 0 Å². The largest absolute Gasteiger partial charge is 0.573 e. The highest BCUT2D eigenvalue weighted by Gasteiger charge is 2.33. The molecule has 1 aromatic rings. The van der Waals surface area contributed by atoms with Crippen LogP contribution in [-0.4, -0.2) is 38.2 Å². The lowest BCUT2D eigenvalue weighted by atomic mass is 10.3. The summed E-state index contributed by atoms with van der Waals surface area (Å²) in [6, 6.07) is 3.89. The van der Waals surface area contributed by atoms with Gasteiger partial charge in [0.15, 0.2) is 0 Å². The second-order valence-corrected chi connectivity index (χ2v) is 6.37. The minimum absolute atomic E-state index is 0.0823. The van der Waals surface area contributed by atoms with E-state index in [4.69, 9.17) is 5.73 Å². The smallest absolute Gasteiger partial charge is 0.406 e. The molecule has 1 saturated heterocycles. The van der Waals surface area contributed by atoms with Gasteiger partial charge >= 0.3 is 6.36 Å². The van der Waals surface area contributed by atoms with E-state index in [0.29, 0.717) is 13.0 Å². The Labute approximate surface area is 114 Å². The van der Waals surface area contributed by atoms with Crippen molar-refractivity contribution in [2.75, 3.05) is 13.1 Å². The topological polar surface area (TPSA) is 72.6 Å². The summed E-state index contributed by atoms with van der Waals surface area (Å²) < 4.78 is 65.3. The van der Waals surface area contributed by atoms with Gasteiger partial charge in [0.05, 0.1) is 4.90 Å². The molecule has 1 atom stereocenters. The van der Waals surface area contributed by atoms with Crippen LogP contribution in [0.4, 0.5) is 13.2 Å². The predicted molar refractivity (Wildman–Crippen MR) is 64.5 cm³/mol. The van der Waals surface area contributed by atoms with Crippen LogP contribution < -0.4 is 10.5 Å². The first-order valence-corrected chi connectivity index (χ1v) is 7.24. The summed E-state index contributed by atoms with van der Waals surface area (Å²) in [5, 5.41) is 0. The van der Waals surface area contributed by atoms with Gasteiger partial charge in [0.1, 0.15) is 5.75 Å². The van der Waals surface area contributed by atoms with E-state index in [1.807, 2.05) is 0 Å². The van der Waals surface area contributed by atoms with Gasteiger partial charge in [-0.25, -0.2) is 8.42 Å². The van der Waals surface area contributed by atoms with E-state index < -0.39 is 22.1 Å². The maximum absolute atomic E-state index is 12.2. The lowest BCUT2D eigenvalue weighted by Crippen LogP contribution is -2.31. The lowest BCUT2D eigenvalue weighted by Gasteiger charge is -2.16. The summed E-state index contributed by atoms with van der Waals surface area (Å²) in [4.78, 5) is -0.0823. The van der Waals surface area contributed by atoms with Crippen molar-refractivity contribution in [1.82, 2.24) is 4.31 Å². The Morgan fingerprint density at radius 3 is 2.30 bits per heavy atom. The Morgan fingerprint density at radius 2 is 1.85 bits per heavy atom. The molecule has 0 aliphatic carbocycles. The molecule has 1 aliphatic heterocycles. The molecule has 5 nitrogen and oxygen atoms in total. The number of hydrogen-bond donors (Lipinski definition) is 1. The zero-order valence-electron chi connectivity index (χ0n) is 10.3. The van der Waals surface area contributed by atoms with Crippen LogP contribution in [0, 0.1) is 0 Å². The number of rotatable bonds is 3. The number of hydrogen-bond acceptors (Lipinski definition) is 4. The minimum atomic E-state index is -4.80. The molecule has 0 bridgehead atoms. The highest BCUT2D eigenvalue weighted by Crippen LogP contribution is 2.26. The summed E-state index contributed by atoms with van der Waals surface area (Å²) in [7, 11) is -3.72. The third-order valence-electron chi connectivity index (χ3n) is 2.88. The summed E-state index contributed by atoms with van der Waals surface area (Å²) in [5.41, 5.74) is 5.64. The molecule has 1 heterocycles. The summed E-state index contributed by atoms with van der Waals surface area (Å²) in [5.74, 6) is -0.463. The lowest BCUT2D eigenvalue weighted by molar-refractivity contribution is -0.274. The van der Waals surface area contributed by atoms with Gasteiger partial charge in [-0.15, -0.1) is 13.2 Å². The second kappa shape index (κ2) is 5.23. The number of halogens is 3. The first-order valence-electron chi connectivity index (χ1n) is 5.80. The van der Waals surface area contributed by atoms with E-state index in [-0.39, 0.29) is 17.5 Å². The Kier molecular flexibility index (Phi) is 3.94. The summed E-state index contributed by atoms with van der Waals surface area (Å²) >= 11 is 0. The average Bonchev–Trinajstić information content (AvgIpc) is 2.75. The maximum atomic E-state index is 12.2. The molecule has 112 valence electrons. The predicted octanol–water partition coefficient (Wildman–Crippen LogP) is 1.31. The van der Waals surface area contributed by atoms with Gasteiger partial charge in [0, 0.05) is 19.1 Å². The highest BCUT2D eigenvalue weighted by molar-refractivity contribution is 7.89. The number of ether oxygens (including phenoxy) is 1. The number of nitrogens with zero attached hydrogens (tertiary/aromatic N) is 1. The van der Waals surface area contributed by atoms with Crippen molar-refractivity contribution in [3.63, 3.8) is 0 Å². The van der Waals surface area contributed by atoms with Crippen LogP contribution in [0.15, 0.2) is 29.2 Å². The van der Waals surface area contributed by atoms with Crippen molar-refractivity contribution in [3.05, 3.63) is 24.3 Å². The Hall–Kier alpha value is -1.32. The van der Waals surface area contributed by atoms with Gasteiger partial charge in [-0.2, -0.15) is 4.31 Å². The molecule has 1 aliphatic rings. The van der Waals surface area contributed by atoms with E-state index in [0.717, 1.165) is 24.3 Å². The SMILES string of the molecule is N[C@@H]1CCN(S(=O)(=O)c2ccc(OC(F)(F)F)cc2)C1.